The summed E-state index contributed by atoms with van der Waals surface area (Å²) >= 11 is 0. The first-order valence-corrected chi connectivity index (χ1v) is 8.11. The van der Waals surface area contributed by atoms with Gasteiger partial charge >= 0.3 is 7.12 Å². The number of hydrogen-bond donors (Lipinski definition) is 3. The molecule has 0 radical (unpaired) electrons. The van der Waals surface area contributed by atoms with Gasteiger partial charge in [0.15, 0.2) is 5.82 Å². The molecular weight excluding hydrogens is 344 g/mol. The van der Waals surface area contributed by atoms with Gasteiger partial charge in [0.25, 0.3) is 0 Å². The number of aryl methyl sites for hydroxylation is 2. The van der Waals surface area contributed by atoms with Gasteiger partial charge in [-0.3, -0.25) is 0 Å². The van der Waals surface area contributed by atoms with Crippen LogP contribution in [0.5, 0.6) is 5.75 Å². The molecule has 25 heavy (non-hydrogen) atoms. The van der Waals surface area contributed by atoms with E-state index in [1.54, 1.807) is 11.8 Å². The van der Waals surface area contributed by atoms with Crippen LogP contribution in [0, 0.1) is 0 Å². The highest BCUT2D eigenvalue weighted by atomic mass is 35.5. The molecule has 0 bridgehead atoms. The number of ether oxygens (including phenoxy) is 1. The highest BCUT2D eigenvalue weighted by Gasteiger charge is 2.16. The van der Waals surface area contributed by atoms with Gasteiger partial charge in [0.2, 0.25) is 0 Å². The van der Waals surface area contributed by atoms with Crippen molar-refractivity contribution in [2.24, 2.45) is 5.73 Å². The van der Waals surface area contributed by atoms with E-state index >= 15 is 0 Å². The van der Waals surface area contributed by atoms with Crippen LogP contribution in [0.4, 0.5) is 0 Å². The first kappa shape index (κ1) is 21.4. The molecule has 0 spiro atoms. The lowest BCUT2D eigenvalue weighted by molar-refractivity contribution is 0.399. The molecule has 0 saturated carbocycles. The SMILES string of the molecule is COc1ccccc1CCn1nnnc1C(N)CCCCB(O)O.Cl. The van der Waals surface area contributed by atoms with Gasteiger partial charge in [0, 0.05) is 6.54 Å². The standard InChI is InChI=1S/C15H24BN5O3.ClH/c1-24-14-8-3-2-6-12(14)9-11-21-15(18-19-20-21)13(17)7-4-5-10-16(22)23;/h2-3,6,8,13,22-23H,4-5,7,9-11,17H2,1H3;1H. The summed E-state index contributed by atoms with van der Waals surface area (Å²) in [4.78, 5) is 0. The van der Waals surface area contributed by atoms with E-state index in [4.69, 9.17) is 20.5 Å². The molecule has 0 aliphatic heterocycles. The van der Waals surface area contributed by atoms with E-state index in [9.17, 15) is 0 Å². The summed E-state index contributed by atoms with van der Waals surface area (Å²) < 4.78 is 7.07. The zero-order valence-corrected chi connectivity index (χ0v) is 15.1. The van der Waals surface area contributed by atoms with E-state index < -0.39 is 7.12 Å². The Morgan fingerprint density at radius 1 is 1.28 bits per heavy atom. The number of rotatable bonds is 10. The molecule has 1 unspecified atom stereocenters. The smallest absolute Gasteiger partial charge is 0.451 e. The van der Waals surface area contributed by atoms with Gasteiger partial charge in [0.1, 0.15) is 5.75 Å². The third-order valence-corrected chi connectivity index (χ3v) is 3.90. The highest BCUT2D eigenvalue weighted by molar-refractivity contribution is 6.40. The maximum atomic E-state index is 8.84. The maximum Gasteiger partial charge on any atom is 0.451 e. The zero-order valence-electron chi connectivity index (χ0n) is 14.3. The third kappa shape index (κ3) is 6.62. The molecule has 0 saturated heterocycles. The van der Waals surface area contributed by atoms with Gasteiger partial charge in [0.05, 0.1) is 13.2 Å². The summed E-state index contributed by atoms with van der Waals surface area (Å²) in [6.45, 7) is 0.617. The fourth-order valence-corrected chi connectivity index (χ4v) is 2.59. The third-order valence-electron chi connectivity index (χ3n) is 3.90. The Balaban J connectivity index is 0.00000312. The van der Waals surface area contributed by atoms with Gasteiger partial charge in [-0.05, 0) is 41.2 Å². The fourth-order valence-electron chi connectivity index (χ4n) is 2.59. The molecule has 8 nitrogen and oxygen atoms in total. The predicted molar refractivity (Wildman–Crippen MR) is 97.5 cm³/mol. The normalized spacial score (nSPS) is 11.7. The molecule has 2 aromatic rings. The molecule has 0 amide bonds. The van der Waals surface area contributed by atoms with Crippen LogP contribution >= 0.6 is 12.4 Å². The number of methoxy groups -OCH3 is 1. The quantitative estimate of drug-likeness (QED) is 0.422. The Hall–Kier alpha value is -1.68. The molecule has 1 heterocycles. The summed E-state index contributed by atoms with van der Waals surface area (Å²) in [6, 6.07) is 7.58. The lowest BCUT2D eigenvalue weighted by Gasteiger charge is -2.12. The number of hydrogen-bond acceptors (Lipinski definition) is 7. The Morgan fingerprint density at radius 3 is 2.76 bits per heavy atom. The lowest BCUT2D eigenvalue weighted by Crippen LogP contribution is -2.19. The highest BCUT2D eigenvalue weighted by Crippen LogP contribution is 2.19. The molecule has 4 N–H and O–H groups in total. The van der Waals surface area contributed by atoms with E-state index in [0.29, 0.717) is 31.5 Å². The van der Waals surface area contributed by atoms with Crippen molar-refractivity contribution in [2.75, 3.05) is 7.11 Å². The molecule has 2 rings (SSSR count). The second kappa shape index (κ2) is 11.0. The molecule has 10 heteroatoms. The van der Waals surface area contributed by atoms with Crippen LogP contribution in [-0.2, 0) is 13.0 Å². The number of unbranched alkanes of at least 4 members (excludes halogenated alkanes) is 1. The van der Waals surface area contributed by atoms with Crippen molar-refractivity contribution in [3.05, 3.63) is 35.7 Å². The van der Waals surface area contributed by atoms with E-state index in [-0.39, 0.29) is 18.4 Å². The number of halogens is 1. The van der Waals surface area contributed by atoms with Gasteiger partial charge in [-0.2, -0.15) is 0 Å². The van der Waals surface area contributed by atoms with Crippen molar-refractivity contribution in [1.29, 1.82) is 0 Å². The first-order valence-electron chi connectivity index (χ1n) is 8.11. The summed E-state index contributed by atoms with van der Waals surface area (Å²) in [5.74, 6) is 1.49. The Labute approximate surface area is 153 Å². The van der Waals surface area contributed by atoms with E-state index in [2.05, 4.69) is 15.5 Å². The molecule has 0 aliphatic rings. The minimum Gasteiger partial charge on any atom is -0.496 e. The van der Waals surface area contributed by atoms with Crippen LogP contribution in [0.25, 0.3) is 0 Å². The maximum absolute atomic E-state index is 8.84. The van der Waals surface area contributed by atoms with Gasteiger partial charge in [-0.25, -0.2) is 4.68 Å². The van der Waals surface area contributed by atoms with Crippen molar-refractivity contribution in [3.8, 4) is 5.75 Å². The second-order valence-electron chi connectivity index (χ2n) is 5.69. The average Bonchev–Trinajstić information content (AvgIpc) is 3.05. The number of benzene rings is 1. The van der Waals surface area contributed by atoms with E-state index in [1.807, 2.05) is 24.3 Å². The number of nitrogens with zero attached hydrogens (tertiary/aromatic N) is 4. The van der Waals surface area contributed by atoms with Crippen molar-refractivity contribution < 1.29 is 14.8 Å². The number of nitrogens with two attached hydrogens (primary N) is 1. The monoisotopic (exact) mass is 369 g/mol. The van der Waals surface area contributed by atoms with Crippen molar-refractivity contribution in [2.45, 2.75) is 44.6 Å². The van der Waals surface area contributed by atoms with Crippen molar-refractivity contribution >= 4 is 19.5 Å². The molecule has 138 valence electrons. The van der Waals surface area contributed by atoms with Crippen molar-refractivity contribution in [1.82, 2.24) is 20.2 Å². The molecular formula is C15H25BClN5O3. The Bertz CT molecular complexity index is 629. The van der Waals surface area contributed by atoms with Crippen LogP contribution in [0.3, 0.4) is 0 Å². The largest absolute Gasteiger partial charge is 0.496 e. The zero-order chi connectivity index (χ0) is 17.4. The van der Waals surface area contributed by atoms with Gasteiger partial charge < -0.3 is 20.5 Å². The topological polar surface area (TPSA) is 119 Å². The second-order valence-corrected chi connectivity index (χ2v) is 5.69. The first-order chi connectivity index (χ1) is 11.6. The minimum atomic E-state index is -1.26. The number of para-hydroxylation sites is 1. The molecule has 1 aromatic carbocycles. The lowest BCUT2D eigenvalue weighted by atomic mass is 9.83. The summed E-state index contributed by atoms with van der Waals surface area (Å²) in [7, 11) is 0.396. The van der Waals surface area contributed by atoms with Crippen molar-refractivity contribution in [3.63, 3.8) is 0 Å². The average molecular weight is 370 g/mol. The number of tetrazole rings is 1. The van der Waals surface area contributed by atoms with Gasteiger partial charge in [-0.15, -0.1) is 17.5 Å². The Kier molecular flexibility index (Phi) is 9.44. The van der Waals surface area contributed by atoms with Gasteiger partial charge in [-0.1, -0.05) is 31.0 Å². The van der Waals surface area contributed by atoms with Crippen LogP contribution in [0.15, 0.2) is 24.3 Å². The summed E-state index contributed by atoms with van der Waals surface area (Å²) in [5.41, 5.74) is 7.26. The van der Waals surface area contributed by atoms with E-state index in [0.717, 1.165) is 24.2 Å². The van der Waals surface area contributed by atoms with Crippen LogP contribution < -0.4 is 10.5 Å². The Morgan fingerprint density at radius 2 is 2.04 bits per heavy atom. The van der Waals surface area contributed by atoms with Crippen LogP contribution in [0.2, 0.25) is 6.32 Å². The molecule has 1 aromatic heterocycles. The molecule has 1 atom stereocenters. The predicted octanol–water partition coefficient (Wildman–Crippen LogP) is 0.989. The van der Waals surface area contributed by atoms with Crippen LogP contribution in [0.1, 0.15) is 36.7 Å². The number of aromatic nitrogens is 4. The van der Waals surface area contributed by atoms with E-state index in [1.165, 1.54) is 0 Å². The summed E-state index contributed by atoms with van der Waals surface area (Å²) in [5, 5.41) is 29.5. The molecule has 0 aliphatic carbocycles. The minimum absolute atomic E-state index is 0. The van der Waals surface area contributed by atoms with Crippen LogP contribution in [-0.4, -0.2) is 44.5 Å². The fraction of sp³-hybridized carbons (Fsp3) is 0.533. The molecule has 0 fully saturated rings. The summed E-state index contributed by atoms with van der Waals surface area (Å²) in [6.07, 6.45) is 3.28.